The van der Waals surface area contributed by atoms with Crippen molar-refractivity contribution in [2.24, 2.45) is 0 Å². The Hall–Kier alpha value is -3.42. The summed E-state index contributed by atoms with van der Waals surface area (Å²) in [6.07, 6.45) is -11.0. The van der Waals surface area contributed by atoms with Crippen molar-refractivity contribution in [1.29, 1.82) is 0 Å². The zero-order valence-electron chi connectivity index (χ0n) is 21.6. The number of aromatic carboxylic acids is 2. The predicted molar refractivity (Wildman–Crippen MR) is 131 cm³/mol. The van der Waals surface area contributed by atoms with Crippen LogP contribution in [0.15, 0.2) is 48.5 Å². The van der Waals surface area contributed by atoms with Gasteiger partial charge < -0.3 is 14.9 Å². The van der Waals surface area contributed by atoms with Crippen LogP contribution in [-0.4, -0.2) is 33.7 Å². The maximum Gasteiger partial charge on any atom is 0.420 e. The van der Waals surface area contributed by atoms with E-state index < -0.39 is 81.6 Å². The monoisotopic (exact) mass is 622 g/mol. The number of alkyl halides is 6. The van der Waals surface area contributed by atoms with E-state index in [0.29, 0.717) is 18.2 Å². The number of carboxylic acid groups (broad SMARTS) is 2. The Bertz CT molecular complexity index is 1510. The molecule has 0 unspecified atom stereocenters. The first-order valence-corrected chi connectivity index (χ1v) is 11.7. The molecule has 0 atom stereocenters. The van der Waals surface area contributed by atoms with Gasteiger partial charge in [-0.25, -0.2) is 9.59 Å². The maximum absolute atomic E-state index is 13.5. The van der Waals surface area contributed by atoms with Crippen molar-refractivity contribution in [3.8, 4) is 11.5 Å². The van der Waals surface area contributed by atoms with Gasteiger partial charge >= 0.3 is 24.3 Å². The Morgan fingerprint density at radius 3 is 1.55 bits per heavy atom. The minimum absolute atomic E-state index is 0. The average molecular weight is 622 g/mol. The summed E-state index contributed by atoms with van der Waals surface area (Å²) in [6, 6.07) is 7.03. The largest absolute Gasteiger partial charge is 0.478 e. The van der Waals surface area contributed by atoms with Gasteiger partial charge in [-0.05, 0) is 54.4 Å². The summed E-state index contributed by atoms with van der Waals surface area (Å²) in [5.41, 5.74) is -5.47. The molecule has 3 rings (SSSR count). The van der Waals surface area contributed by atoms with Crippen molar-refractivity contribution in [1.82, 2.24) is 0 Å². The summed E-state index contributed by atoms with van der Waals surface area (Å²) in [5.74, 6) is -6.55. The Balaban J connectivity index is 0.00000616. The van der Waals surface area contributed by atoms with Crippen LogP contribution in [0.1, 0.15) is 77.0 Å². The normalized spacial score (nSPS) is 11.4. The molecule has 0 fully saturated rings. The molecule has 0 aromatic heterocycles. The molecule has 0 saturated carbocycles. The van der Waals surface area contributed by atoms with Crippen LogP contribution in [0.5, 0.6) is 11.5 Å². The zero-order chi connectivity index (χ0) is 30.9. The van der Waals surface area contributed by atoms with Gasteiger partial charge in [-0.3, -0.25) is 9.59 Å². The molecule has 14 heteroatoms. The minimum Gasteiger partial charge on any atom is -0.478 e. The molecule has 3 aromatic rings. The first-order chi connectivity index (χ1) is 18.9. The van der Waals surface area contributed by atoms with E-state index in [1.54, 1.807) is 0 Å². The van der Waals surface area contributed by atoms with Gasteiger partial charge in [-0.2, -0.15) is 26.3 Å². The van der Waals surface area contributed by atoms with Crippen molar-refractivity contribution in [3.63, 3.8) is 0 Å². The van der Waals surface area contributed by atoms with E-state index in [1.807, 2.05) is 0 Å². The van der Waals surface area contributed by atoms with E-state index >= 15 is 0 Å². The first-order valence-electron chi connectivity index (χ1n) is 11.7. The number of carbonyl (C=O) groups excluding carboxylic acids is 2. The second-order valence-electron chi connectivity index (χ2n) is 8.86. The quantitative estimate of drug-likeness (QED) is 0.191. The summed E-state index contributed by atoms with van der Waals surface area (Å²) < 4.78 is 86.3. The Morgan fingerprint density at radius 2 is 1.14 bits per heavy atom. The van der Waals surface area contributed by atoms with Crippen LogP contribution in [0.4, 0.5) is 26.3 Å². The number of rotatable bonds is 9. The fourth-order valence-electron chi connectivity index (χ4n) is 3.98. The summed E-state index contributed by atoms with van der Waals surface area (Å²) in [7, 11) is 0. The number of carboxylic acids is 2. The second kappa shape index (κ2) is 13.3. The molecule has 0 radical (unpaired) electrons. The van der Waals surface area contributed by atoms with Gasteiger partial charge in [0.15, 0.2) is 17.3 Å². The van der Waals surface area contributed by atoms with E-state index in [-0.39, 0.29) is 60.8 Å². The summed E-state index contributed by atoms with van der Waals surface area (Å²) in [6.45, 7) is 2.52. The van der Waals surface area contributed by atoms with Crippen molar-refractivity contribution in [2.75, 3.05) is 0 Å². The number of hydrogen-bond acceptors (Lipinski definition) is 5. The van der Waals surface area contributed by atoms with Gasteiger partial charge in [0.2, 0.25) is 0 Å². The van der Waals surface area contributed by atoms with Crippen LogP contribution < -0.4 is 4.74 Å². The Kier molecular flexibility index (Phi) is 11.0. The Labute approximate surface area is 264 Å². The van der Waals surface area contributed by atoms with E-state index in [2.05, 4.69) is 0 Å². The summed E-state index contributed by atoms with van der Waals surface area (Å²) >= 11 is 0. The smallest absolute Gasteiger partial charge is 0.420 e. The molecule has 0 aliphatic rings. The number of benzene rings is 3. The first kappa shape index (κ1) is 34.8. The van der Waals surface area contributed by atoms with Crippen LogP contribution in [0.2, 0.25) is 0 Å². The van der Waals surface area contributed by atoms with Gasteiger partial charge in [0, 0.05) is 61.7 Å². The molecule has 0 heterocycles. The molecule has 42 heavy (non-hydrogen) atoms. The number of ether oxygens (including phenoxy) is 1. The number of aryl methyl sites for hydroxylation is 1. The molecule has 0 bridgehead atoms. The molecule has 0 spiro atoms. The molecule has 0 aliphatic carbocycles. The van der Waals surface area contributed by atoms with Crippen LogP contribution in [0, 0.1) is 44.7 Å². The fraction of sp³-hybridized carbons (Fsp3) is 0.214. The van der Waals surface area contributed by atoms with Gasteiger partial charge in [0.25, 0.3) is 0 Å². The molecule has 7 nitrogen and oxygen atoms in total. The van der Waals surface area contributed by atoms with Crippen molar-refractivity contribution >= 4 is 23.5 Å². The third-order valence-electron chi connectivity index (χ3n) is 5.89. The van der Waals surface area contributed by atoms with Crippen LogP contribution >= 0.6 is 0 Å². The van der Waals surface area contributed by atoms with Crippen molar-refractivity contribution in [3.05, 3.63) is 93.0 Å². The van der Waals surface area contributed by atoms with E-state index in [4.69, 9.17) is 4.74 Å². The number of ketones is 2. The van der Waals surface area contributed by atoms with Crippen LogP contribution in [0.25, 0.3) is 0 Å². The number of Topliss-reactive ketones (excluding diaryl/α,β-unsaturated/α-hetero) is 2. The predicted octanol–water partition coefficient (Wildman–Crippen LogP) is 7.24. The SMILES string of the molecule is CCC(=O)c1cc(C(=O)Cc2ccc(Oc3c(C(F)(F)F)cc(C)cc3C(F)(F)F)cc2)c(C(=O)O)cc1C(=O)O.[Ar]. The van der Waals surface area contributed by atoms with E-state index in [0.717, 1.165) is 25.1 Å². The molecular formula is C28H20ArF6O7. The number of hydrogen-bond donors (Lipinski definition) is 2. The molecule has 224 valence electrons. The third-order valence-corrected chi connectivity index (χ3v) is 5.89. The second-order valence-corrected chi connectivity index (χ2v) is 8.86. The van der Waals surface area contributed by atoms with Crippen LogP contribution in [-0.2, 0) is 18.8 Å². The van der Waals surface area contributed by atoms with Gasteiger partial charge in [0.1, 0.15) is 5.75 Å². The standard InChI is InChI=1S/C28H20F6O7.Ar/c1-3-22(35)16-11-17(19(26(39)40)12-18(16)25(37)38)23(36)10-14-4-6-15(7-5-14)41-24-20(27(29,30)31)8-13(2)9-21(24)28(32,33)34;/h4-9,11-12H,3,10H2,1-2H3,(H,37,38)(H,39,40);. The molecule has 3 aromatic carbocycles. The van der Waals surface area contributed by atoms with Gasteiger partial charge in [-0.15, -0.1) is 0 Å². The minimum atomic E-state index is -5.16. The Morgan fingerprint density at radius 1 is 0.714 bits per heavy atom. The van der Waals surface area contributed by atoms with Crippen molar-refractivity contribution in [2.45, 2.75) is 39.0 Å². The van der Waals surface area contributed by atoms with Crippen molar-refractivity contribution < 1.29 is 98.2 Å². The summed E-state index contributed by atoms with van der Waals surface area (Å²) in [5, 5.41) is 18.9. The van der Waals surface area contributed by atoms with Gasteiger partial charge in [0.05, 0.1) is 22.3 Å². The zero-order valence-corrected chi connectivity index (χ0v) is 22.3. The van der Waals surface area contributed by atoms with E-state index in [9.17, 15) is 55.7 Å². The molecule has 0 amide bonds. The third kappa shape index (κ3) is 7.90. The van der Waals surface area contributed by atoms with E-state index in [1.165, 1.54) is 19.1 Å². The molecule has 2 N–H and O–H groups in total. The fourth-order valence-corrected chi connectivity index (χ4v) is 3.98. The van der Waals surface area contributed by atoms with Gasteiger partial charge in [-0.1, -0.05) is 19.1 Å². The average Bonchev–Trinajstić information content (AvgIpc) is 2.87. The number of halogens is 6. The van der Waals surface area contributed by atoms with Crippen LogP contribution in [0.3, 0.4) is 0 Å². The summed E-state index contributed by atoms with van der Waals surface area (Å²) in [4.78, 5) is 48.5. The molecule has 0 saturated heterocycles. The topological polar surface area (TPSA) is 118 Å². The molecular weight excluding hydrogens is 602 g/mol. The molecule has 0 aliphatic heterocycles. The number of carbonyl (C=O) groups is 4. The maximum atomic E-state index is 13.5.